The monoisotopic (exact) mass is 414 g/mol. The Morgan fingerprint density at radius 3 is 2.68 bits per heavy atom. The van der Waals surface area contributed by atoms with E-state index in [1.54, 1.807) is 35.9 Å². The second kappa shape index (κ2) is 6.63. The predicted octanol–water partition coefficient (Wildman–Crippen LogP) is 4.43. The fraction of sp³-hybridized carbons (Fsp3) is 0.389. The topological polar surface area (TPSA) is 70.4 Å². The fourth-order valence-corrected chi connectivity index (χ4v) is 3.96. The molecule has 0 spiro atoms. The summed E-state index contributed by atoms with van der Waals surface area (Å²) in [7, 11) is -5.83. The number of benzene rings is 2. The van der Waals surface area contributed by atoms with Crippen LogP contribution in [0.4, 0.5) is 13.2 Å². The minimum Gasteiger partial charge on any atom is -0.375 e. The minimum atomic E-state index is -5.83. The van der Waals surface area contributed by atoms with Crippen molar-refractivity contribution in [2.24, 2.45) is 0 Å². The molecule has 1 fully saturated rings. The molecular weight excluding hydrogens is 397 g/mol. The van der Waals surface area contributed by atoms with Gasteiger partial charge in [0.25, 0.3) is 0 Å². The van der Waals surface area contributed by atoms with Gasteiger partial charge in [-0.05, 0) is 37.6 Å². The normalized spacial score (nSPS) is 18.6. The fourth-order valence-electron chi connectivity index (χ4n) is 3.48. The third-order valence-corrected chi connectivity index (χ3v) is 5.71. The molecule has 1 unspecified atom stereocenters. The highest BCUT2D eigenvalue weighted by molar-refractivity contribution is 7.88. The van der Waals surface area contributed by atoms with Crippen LogP contribution >= 0.6 is 0 Å². The number of halogens is 3. The van der Waals surface area contributed by atoms with Gasteiger partial charge in [0.1, 0.15) is 0 Å². The molecule has 0 amide bonds. The number of nitrogens with zero attached hydrogens (tertiary/aromatic N) is 2. The smallest absolute Gasteiger partial charge is 0.375 e. The molecular formula is C18H17F3N2O4S. The Kier molecular flexibility index (Phi) is 4.50. The Hall–Kier alpha value is -2.33. The molecule has 1 aromatic heterocycles. The molecule has 1 aliphatic heterocycles. The van der Waals surface area contributed by atoms with Gasteiger partial charge < -0.3 is 8.92 Å². The Morgan fingerprint density at radius 2 is 2.00 bits per heavy atom. The van der Waals surface area contributed by atoms with Gasteiger partial charge >= 0.3 is 15.6 Å². The maximum atomic E-state index is 13.0. The van der Waals surface area contributed by atoms with E-state index in [2.05, 4.69) is 9.28 Å². The Bertz CT molecular complexity index is 1150. The average Bonchev–Trinajstić information content (AvgIpc) is 2.98. The minimum absolute atomic E-state index is 0.223. The highest BCUT2D eigenvalue weighted by Crippen LogP contribution is 2.41. The molecule has 6 nitrogen and oxygen atoms in total. The van der Waals surface area contributed by atoms with Gasteiger partial charge in [0.05, 0.1) is 16.6 Å². The van der Waals surface area contributed by atoms with E-state index in [1.165, 1.54) is 6.07 Å². The van der Waals surface area contributed by atoms with Crippen LogP contribution in [-0.4, -0.2) is 30.3 Å². The van der Waals surface area contributed by atoms with E-state index in [4.69, 9.17) is 4.74 Å². The van der Waals surface area contributed by atoms with Crippen molar-refractivity contribution in [1.29, 1.82) is 0 Å². The Morgan fingerprint density at radius 1 is 1.25 bits per heavy atom. The zero-order chi connectivity index (χ0) is 20.1. The Labute approximate surface area is 159 Å². The molecule has 0 radical (unpaired) electrons. The van der Waals surface area contributed by atoms with Gasteiger partial charge in [0.15, 0.2) is 12.0 Å². The third-order valence-electron chi connectivity index (χ3n) is 4.75. The summed E-state index contributed by atoms with van der Waals surface area (Å²) in [5.41, 5.74) is -4.70. The van der Waals surface area contributed by atoms with Crippen LogP contribution in [0.25, 0.3) is 21.7 Å². The van der Waals surface area contributed by atoms with Crippen LogP contribution in [0.3, 0.4) is 0 Å². The molecule has 10 heteroatoms. The summed E-state index contributed by atoms with van der Waals surface area (Å²) in [5.74, 6) is -0.370. The molecule has 1 aliphatic rings. The van der Waals surface area contributed by atoms with Gasteiger partial charge in [0.2, 0.25) is 0 Å². The molecule has 0 N–H and O–H groups in total. The predicted molar refractivity (Wildman–Crippen MR) is 96.4 cm³/mol. The lowest BCUT2D eigenvalue weighted by Crippen LogP contribution is -2.28. The van der Waals surface area contributed by atoms with E-state index in [9.17, 15) is 21.6 Å². The molecule has 0 bridgehead atoms. The lowest BCUT2D eigenvalue weighted by Gasteiger charge is -2.23. The largest absolute Gasteiger partial charge is 0.534 e. The van der Waals surface area contributed by atoms with Crippen LogP contribution in [-0.2, 0) is 14.9 Å². The highest BCUT2D eigenvalue weighted by atomic mass is 32.2. The van der Waals surface area contributed by atoms with Crippen molar-refractivity contribution in [1.82, 2.24) is 9.78 Å². The summed E-state index contributed by atoms with van der Waals surface area (Å²) in [6, 6.07) is 8.27. The summed E-state index contributed by atoms with van der Waals surface area (Å²) in [6.45, 7) is 2.16. The standard InChI is InChI=1S/C18H17F3N2O4S/c1-11-16-14(23(22-11)15-8-4-5-9-26-15)10-12-6-2-3-7-13(12)17(16)27-28(24,25)18(19,20)21/h2-3,6-7,10,15H,4-5,8-9H2,1H3. The summed E-state index contributed by atoms with van der Waals surface area (Å²) in [5, 5.41) is 5.45. The van der Waals surface area contributed by atoms with Gasteiger partial charge in [0, 0.05) is 12.0 Å². The van der Waals surface area contributed by atoms with Crippen molar-refractivity contribution in [3.05, 3.63) is 36.0 Å². The van der Waals surface area contributed by atoms with E-state index < -0.39 is 15.6 Å². The number of hydrogen-bond acceptors (Lipinski definition) is 5. The van der Waals surface area contributed by atoms with Crippen molar-refractivity contribution >= 4 is 31.8 Å². The maximum Gasteiger partial charge on any atom is 0.534 e. The van der Waals surface area contributed by atoms with Crippen LogP contribution < -0.4 is 4.18 Å². The number of fused-ring (bicyclic) bond motifs is 2. The first-order valence-electron chi connectivity index (χ1n) is 8.72. The molecule has 2 aromatic carbocycles. The number of aromatic nitrogens is 2. The van der Waals surface area contributed by atoms with Gasteiger partial charge in [-0.3, -0.25) is 0 Å². The molecule has 28 heavy (non-hydrogen) atoms. The van der Waals surface area contributed by atoms with Crippen molar-refractivity contribution in [2.45, 2.75) is 37.9 Å². The number of hydrogen-bond donors (Lipinski definition) is 0. The van der Waals surface area contributed by atoms with Crippen LogP contribution in [0, 0.1) is 6.92 Å². The summed E-state index contributed by atoms with van der Waals surface area (Å²) >= 11 is 0. The maximum absolute atomic E-state index is 13.0. The number of ether oxygens (including phenoxy) is 1. The number of aryl methyl sites for hydroxylation is 1. The molecule has 3 aromatic rings. The molecule has 2 heterocycles. The first-order valence-corrected chi connectivity index (χ1v) is 10.1. The lowest BCUT2D eigenvalue weighted by atomic mass is 10.1. The van der Waals surface area contributed by atoms with E-state index >= 15 is 0 Å². The lowest BCUT2D eigenvalue weighted by molar-refractivity contribution is -0.0499. The zero-order valence-corrected chi connectivity index (χ0v) is 15.7. The van der Waals surface area contributed by atoms with E-state index in [0.717, 1.165) is 12.8 Å². The van der Waals surface area contributed by atoms with Crippen molar-refractivity contribution in [3.8, 4) is 5.75 Å². The van der Waals surface area contributed by atoms with Crippen LogP contribution in [0.5, 0.6) is 5.75 Å². The summed E-state index contributed by atoms with van der Waals surface area (Å²) < 4.78 is 74.3. The average molecular weight is 414 g/mol. The van der Waals surface area contributed by atoms with E-state index in [0.29, 0.717) is 29.6 Å². The van der Waals surface area contributed by atoms with Gasteiger partial charge in [-0.25, -0.2) is 4.68 Å². The van der Waals surface area contributed by atoms with Crippen LogP contribution in [0.1, 0.15) is 31.2 Å². The molecule has 150 valence electrons. The van der Waals surface area contributed by atoms with Crippen molar-refractivity contribution in [3.63, 3.8) is 0 Å². The van der Waals surface area contributed by atoms with Crippen LogP contribution in [0.2, 0.25) is 0 Å². The van der Waals surface area contributed by atoms with Crippen molar-refractivity contribution < 1.29 is 30.5 Å². The van der Waals surface area contributed by atoms with Gasteiger partial charge in [-0.15, -0.1) is 0 Å². The molecule has 4 rings (SSSR count). The van der Waals surface area contributed by atoms with Gasteiger partial charge in [-0.1, -0.05) is 24.3 Å². The number of alkyl halides is 3. The van der Waals surface area contributed by atoms with E-state index in [1.807, 2.05) is 0 Å². The second-order valence-electron chi connectivity index (χ2n) is 6.66. The summed E-state index contributed by atoms with van der Waals surface area (Å²) in [4.78, 5) is 0. The van der Waals surface area contributed by atoms with E-state index in [-0.39, 0.29) is 22.7 Å². The zero-order valence-electron chi connectivity index (χ0n) is 14.9. The molecule has 1 saturated heterocycles. The van der Waals surface area contributed by atoms with Gasteiger partial charge in [-0.2, -0.15) is 26.7 Å². The SMILES string of the molecule is Cc1nn(C2CCCCO2)c2cc3ccccc3c(OS(=O)(=O)C(F)(F)F)c12. The summed E-state index contributed by atoms with van der Waals surface area (Å²) in [6.07, 6.45) is 2.21. The van der Waals surface area contributed by atoms with Crippen LogP contribution in [0.15, 0.2) is 30.3 Å². The van der Waals surface area contributed by atoms with Crippen molar-refractivity contribution in [2.75, 3.05) is 6.61 Å². The highest BCUT2D eigenvalue weighted by Gasteiger charge is 2.49. The molecule has 0 aliphatic carbocycles. The molecule has 0 saturated carbocycles. The first kappa shape index (κ1) is 19.0. The number of rotatable bonds is 3. The Balaban J connectivity index is 1.99. The second-order valence-corrected chi connectivity index (χ2v) is 8.19. The first-order chi connectivity index (χ1) is 13.2. The molecule has 1 atom stereocenters. The quantitative estimate of drug-likeness (QED) is 0.469. The third kappa shape index (κ3) is 3.10.